The first-order chi connectivity index (χ1) is 6.80. The largest absolute Gasteiger partial charge is 0.299 e. The molecule has 8 atom stereocenters. The first-order valence-corrected chi connectivity index (χ1v) is 5.56. The van der Waals surface area contributed by atoms with Crippen LogP contribution in [0.1, 0.15) is 0 Å². The van der Waals surface area contributed by atoms with Gasteiger partial charge in [-0.2, -0.15) is 0 Å². The zero-order valence-electron chi connectivity index (χ0n) is 7.59. The Kier molecular flexibility index (Phi) is 0.718. The van der Waals surface area contributed by atoms with Gasteiger partial charge in [0.15, 0.2) is 0 Å². The highest BCUT2D eigenvalue weighted by Crippen LogP contribution is 2.75. The maximum absolute atomic E-state index is 12.0. The minimum absolute atomic E-state index is 0.113. The topological polar surface area (TPSA) is 34.1 Å². The molecule has 3 fully saturated rings. The number of carbonyl (C=O) groups excluding carboxylic acids is 2. The Hall–Kier alpha value is -0.920. The van der Waals surface area contributed by atoms with E-state index in [0.29, 0.717) is 35.2 Å². The summed E-state index contributed by atoms with van der Waals surface area (Å²) < 4.78 is 0. The van der Waals surface area contributed by atoms with Gasteiger partial charge in [0.05, 0.1) is 0 Å². The van der Waals surface area contributed by atoms with Gasteiger partial charge in [-0.3, -0.25) is 9.59 Å². The molecule has 14 heavy (non-hydrogen) atoms. The molecule has 0 radical (unpaired) electrons. The molecule has 0 N–H and O–H groups in total. The summed E-state index contributed by atoms with van der Waals surface area (Å²) in [6.07, 6.45) is 4.47. The van der Waals surface area contributed by atoms with Crippen molar-refractivity contribution >= 4 is 11.6 Å². The quantitative estimate of drug-likeness (QED) is 0.412. The van der Waals surface area contributed by atoms with E-state index in [9.17, 15) is 9.59 Å². The lowest BCUT2D eigenvalue weighted by Crippen LogP contribution is -2.50. The number of rotatable bonds is 0. The van der Waals surface area contributed by atoms with Crippen molar-refractivity contribution < 1.29 is 9.59 Å². The summed E-state index contributed by atoms with van der Waals surface area (Å²) in [6.45, 7) is 0. The molecule has 3 saturated carbocycles. The Morgan fingerprint density at radius 2 is 1.14 bits per heavy atom. The van der Waals surface area contributed by atoms with Crippen LogP contribution in [0.25, 0.3) is 0 Å². The van der Waals surface area contributed by atoms with Crippen molar-refractivity contribution in [3.05, 3.63) is 12.2 Å². The van der Waals surface area contributed by atoms with E-state index in [2.05, 4.69) is 12.2 Å². The van der Waals surface area contributed by atoms with Crippen LogP contribution in [0.4, 0.5) is 0 Å². The summed E-state index contributed by atoms with van der Waals surface area (Å²) in [5, 5.41) is 0. The highest BCUT2D eigenvalue weighted by Gasteiger charge is 2.80. The average Bonchev–Trinajstić information content (AvgIpc) is 2.40. The summed E-state index contributed by atoms with van der Waals surface area (Å²) in [5.41, 5.74) is 0. The van der Waals surface area contributed by atoms with E-state index in [0.717, 1.165) is 0 Å². The van der Waals surface area contributed by atoms with Crippen LogP contribution in [0, 0.1) is 47.3 Å². The Bertz CT molecular complexity index is 396. The fourth-order valence-electron chi connectivity index (χ4n) is 5.43. The molecule has 0 amide bonds. The second kappa shape index (κ2) is 1.54. The van der Waals surface area contributed by atoms with Crippen LogP contribution < -0.4 is 0 Å². The number of allylic oxidation sites excluding steroid dienone is 2. The van der Waals surface area contributed by atoms with Gasteiger partial charge in [-0.1, -0.05) is 12.2 Å². The molecule has 0 spiro atoms. The first kappa shape index (κ1) is 6.54. The average molecular weight is 186 g/mol. The van der Waals surface area contributed by atoms with Crippen molar-refractivity contribution in [2.24, 2.45) is 47.3 Å². The van der Waals surface area contributed by atoms with Gasteiger partial charge >= 0.3 is 0 Å². The highest BCUT2D eigenvalue weighted by atomic mass is 16.1. The van der Waals surface area contributed by atoms with Crippen molar-refractivity contribution in [2.45, 2.75) is 0 Å². The van der Waals surface area contributed by atoms with Crippen LogP contribution in [0.5, 0.6) is 0 Å². The summed E-state index contributed by atoms with van der Waals surface area (Å²) in [6, 6.07) is 0. The molecule has 4 aliphatic rings. The number of Topliss-reactive ketones (excluding diaryl/α,β-unsaturated/α-hetero) is 2. The zero-order chi connectivity index (χ0) is 9.19. The molecule has 0 heterocycles. The van der Waals surface area contributed by atoms with Crippen molar-refractivity contribution in [2.75, 3.05) is 0 Å². The lowest BCUT2D eigenvalue weighted by atomic mass is 9.52. The molecule has 0 aromatic heterocycles. The van der Waals surface area contributed by atoms with E-state index in [1.165, 1.54) is 0 Å². The second-order valence-electron chi connectivity index (χ2n) is 5.60. The standard InChI is InChI=1S/C12H10O2/c13-11-7-3-1-2-4-6-5(3)9(11)10(6)12(14)8(4)7/h1-10H/t3-,4-,5+,6+,7-,8-,9-,10+/m1/s1. The van der Waals surface area contributed by atoms with Crippen molar-refractivity contribution in [1.82, 2.24) is 0 Å². The minimum atomic E-state index is 0.113. The molecule has 0 saturated heterocycles. The van der Waals surface area contributed by atoms with Crippen molar-refractivity contribution in [3.8, 4) is 0 Å². The van der Waals surface area contributed by atoms with Crippen molar-refractivity contribution in [3.63, 3.8) is 0 Å². The molecule has 4 rings (SSSR count). The number of hydrogen-bond acceptors (Lipinski definition) is 2. The highest BCUT2D eigenvalue weighted by molar-refractivity contribution is 6.06. The second-order valence-corrected chi connectivity index (χ2v) is 5.60. The number of hydrogen-bond donors (Lipinski definition) is 0. The van der Waals surface area contributed by atoms with Crippen LogP contribution in [0.2, 0.25) is 0 Å². The van der Waals surface area contributed by atoms with E-state index in [1.807, 2.05) is 0 Å². The summed E-state index contributed by atoms with van der Waals surface area (Å²) >= 11 is 0. The molecule has 0 aromatic carbocycles. The minimum Gasteiger partial charge on any atom is -0.299 e. The summed E-state index contributed by atoms with van der Waals surface area (Å²) in [7, 11) is 0. The maximum atomic E-state index is 12.0. The van der Waals surface area contributed by atoms with E-state index < -0.39 is 0 Å². The van der Waals surface area contributed by atoms with Crippen molar-refractivity contribution in [1.29, 1.82) is 0 Å². The van der Waals surface area contributed by atoms with Gasteiger partial charge in [0.2, 0.25) is 0 Å². The molecular weight excluding hydrogens is 176 g/mol. The van der Waals surface area contributed by atoms with E-state index in [1.54, 1.807) is 0 Å². The first-order valence-electron chi connectivity index (χ1n) is 5.56. The van der Waals surface area contributed by atoms with Crippen LogP contribution in [-0.4, -0.2) is 11.6 Å². The predicted molar refractivity (Wildman–Crippen MR) is 47.1 cm³/mol. The van der Waals surface area contributed by atoms with Gasteiger partial charge in [0.25, 0.3) is 0 Å². The van der Waals surface area contributed by atoms with E-state index >= 15 is 0 Å². The third-order valence-corrected chi connectivity index (χ3v) is 5.64. The fraction of sp³-hybridized carbons (Fsp3) is 0.667. The molecule has 4 aliphatic carbocycles. The lowest BCUT2D eigenvalue weighted by molar-refractivity contribution is -0.145. The molecule has 0 aromatic rings. The summed E-state index contributed by atoms with van der Waals surface area (Å²) in [5.74, 6) is 3.50. The zero-order valence-corrected chi connectivity index (χ0v) is 7.59. The van der Waals surface area contributed by atoms with Gasteiger partial charge in [-0.15, -0.1) is 0 Å². The Morgan fingerprint density at radius 3 is 1.57 bits per heavy atom. The van der Waals surface area contributed by atoms with Crippen LogP contribution in [-0.2, 0) is 9.59 Å². The predicted octanol–water partition coefficient (Wildman–Crippen LogP) is 0.678. The summed E-state index contributed by atoms with van der Waals surface area (Å²) in [4.78, 5) is 24.0. The van der Waals surface area contributed by atoms with Crippen LogP contribution >= 0.6 is 0 Å². The number of ketones is 2. The Balaban J connectivity index is 1.91. The SMILES string of the molecule is O=C1[C@@H]2[C@@H]3C=C[C@H]4[C@H]2C(=O)[C@H]2[C@@H]1[C@@H]3[C@H]42. The van der Waals surface area contributed by atoms with E-state index in [-0.39, 0.29) is 23.7 Å². The van der Waals surface area contributed by atoms with Gasteiger partial charge in [-0.25, -0.2) is 0 Å². The Morgan fingerprint density at radius 1 is 0.714 bits per heavy atom. The lowest BCUT2D eigenvalue weighted by Gasteiger charge is -2.50. The molecule has 2 nitrogen and oxygen atoms in total. The molecule has 2 heteroatoms. The van der Waals surface area contributed by atoms with Crippen LogP contribution in [0.15, 0.2) is 12.2 Å². The van der Waals surface area contributed by atoms with Gasteiger partial charge < -0.3 is 0 Å². The third kappa shape index (κ3) is 0.358. The molecule has 70 valence electrons. The van der Waals surface area contributed by atoms with E-state index in [4.69, 9.17) is 0 Å². The third-order valence-electron chi connectivity index (χ3n) is 5.64. The normalized spacial score (nSPS) is 69.4. The van der Waals surface area contributed by atoms with Gasteiger partial charge in [-0.05, 0) is 23.7 Å². The molecular formula is C12H10O2. The Labute approximate surface area is 81.4 Å². The monoisotopic (exact) mass is 186 g/mol. The number of carbonyl (C=O) groups is 2. The maximum Gasteiger partial charge on any atom is 0.141 e. The number of fused-ring (bicyclic) bond motifs is 9. The molecule has 0 aliphatic heterocycles. The van der Waals surface area contributed by atoms with Gasteiger partial charge in [0.1, 0.15) is 11.6 Å². The molecule has 0 unspecified atom stereocenters. The van der Waals surface area contributed by atoms with Crippen LogP contribution in [0.3, 0.4) is 0 Å². The fourth-order valence-corrected chi connectivity index (χ4v) is 5.43. The van der Waals surface area contributed by atoms with Gasteiger partial charge in [0, 0.05) is 23.7 Å². The smallest absolute Gasteiger partial charge is 0.141 e. The molecule has 0 bridgehead atoms.